The number of hydrogen-bond acceptors (Lipinski definition) is 2. The lowest BCUT2D eigenvalue weighted by molar-refractivity contribution is -0.130. The predicted molar refractivity (Wildman–Crippen MR) is 190 cm³/mol. The van der Waals surface area contributed by atoms with E-state index in [4.69, 9.17) is 12.2 Å². The zero-order chi connectivity index (χ0) is 31.7. The van der Waals surface area contributed by atoms with E-state index in [-0.39, 0.29) is 5.91 Å². The number of fused-ring (bicyclic) bond motifs is 3. The molecule has 0 radical (unpaired) electrons. The highest BCUT2D eigenvalue weighted by atomic mass is 32.1. The molecule has 4 heteroatoms. The first-order valence-electron chi connectivity index (χ1n) is 15.6. The van der Waals surface area contributed by atoms with Gasteiger partial charge < -0.3 is 9.80 Å². The zero-order valence-electron chi connectivity index (χ0n) is 27.6. The minimum atomic E-state index is 0.145. The highest BCUT2D eigenvalue weighted by Crippen LogP contribution is 2.38. The Morgan fingerprint density at radius 3 is 1.60 bits per heavy atom. The summed E-state index contributed by atoms with van der Waals surface area (Å²) < 4.78 is 0. The number of rotatable bonds is 0. The van der Waals surface area contributed by atoms with Gasteiger partial charge in [0.15, 0.2) is 0 Å². The van der Waals surface area contributed by atoms with Gasteiger partial charge in [-0.15, -0.1) is 0 Å². The molecule has 0 N–H and O–H groups in total. The number of hydrogen-bond donors (Lipinski definition) is 0. The van der Waals surface area contributed by atoms with Gasteiger partial charge >= 0.3 is 0 Å². The Labute approximate surface area is 261 Å². The van der Waals surface area contributed by atoms with Crippen LogP contribution in [0.15, 0.2) is 84.9 Å². The van der Waals surface area contributed by atoms with Crippen LogP contribution in [0, 0.1) is 0 Å². The fraction of sp³-hybridized carbons (Fsp3) is 0.368. The second-order valence-electron chi connectivity index (χ2n) is 9.29. The molecule has 2 aliphatic heterocycles. The van der Waals surface area contributed by atoms with Crippen molar-refractivity contribution in [2.75, 3.05) is 4.90 Å². The Balaban J connectivity index is 0.000000332. The summed E-state index contributed by atoms with van der Waals surface area (Å²) in [6.45, 7) is 22.2. The summed E-state index contributed by atoms with van der Waals surface area (Å²) in [6.07, 6.45) is 1.25. The molecule has 42 heavy (non-hydrogen) atoms. The first kappa shape index (κ1) is 36.5. The molecule has 226 valence electrons. The largest absolute Gasteiger partial charge is 0.334 e. The lowest BCUT2D eigenvalue weighted by atomic mass is 9.93. The summed E-state index contributed by atoms with van der Waals surface area (Å²) in [7, 11) is 0. The van der Waals surface area contributed by atoms with Gasteiger partial charge in [-0.1, -0.05) is 153 Å². The third-order valence-electron chi connectivity index (χ3n) is 6.46. The second kappa shape index (κ2) is 19.6. The molecule has 0 atom stereocenters. The molecule has 0 saturated carbocycles. The molecule has 0 fully saturated rings. The van der Waals surface area contributed by atoms with Gasteiger partial charge in [-0.2, -0.15) is 0 Å². The third-order valence-corrected chi connectivity index (χ3v) is 6.68. The van der Waals surface area contributed by atoms with Crippen LogP contribution in [-0.4, -0.2) is 15.8 Å². The molecular weight excluding hydrogens is 532 g/mol. The normalized spacial score (nSPS) is 11.5. The summed E-state index contributed by atoms with van der Waals surface area (Å²) in [4.78, 5) is 16.5. The molecule has 6 rings (SSSR count). The van der Waals surface area contributed by atoms with Crippen LogP contribution in [-0.2, 0) is 24.4 Å². The molecule has 0 spiro atoms. The Morgan fingerprint density at radius 1 is 0.643 bits per heavy atom. The standard InChI is InChI=1S/C15H13NS.C14H13NO.C3H8.3C2H6/c1-11(17)16-10-12-6-2-3-7-13(12)14-8-4-5-9-15(14)16;1-10(16)15-8-12-6-2-4-11-5-3-7-13(9-15)14(11)12;1-3-2;3*1-2/h2-9H,10H2,1H3;2-7H,8-9H2,1H3;3H2,1-2H3;3*1-2H3. The molecule has 0 saturated heterocycles. The Kier molecular flexibility index (Phi) is 17.0. The van der Waals surface area contributed by atoms with Gasteiger partial charge in [0, 0.05) is 37.8 Å². The first-order chi connectivity index (χ1) is 20.4. The molecule has 4 aromatic rings. The lowest BCUT2D eigenvalue weighted by Crippen LogP contribution is -2.30. The maximum Gasteiger partial charge on any atom is 0.220 e. The van der Waals surface area contributed by atoms with Crippen LogP contribution in [0.5, 0.6) is 0 Å². The average Bonchev–Trinajstić information content (AvgIpc) is 3.04. The fourth-order valence-corrected chi connectivity index (χ4v) is 5.01. The monoisotopic (exact) mass is 584 g/mol. The van der Waals surface area contributed by atoms with Crippen LogP contribution in [0.4, 0.5) is 5.69 Å². The van der Waals surface area contributed by atoms with E-state index in [1.807, 2.05) is 53.4 Å². The van der Waals surface area contributed by atoms with Crippen molar-refractivity contribution in [1.29, 1.82) is 0 Å². The number of anilines is 1. The molecule has 0 aromatic heterocycles. The zero-order valence-corrected chi connectivity index (χ0v) is 28.4. The summed E-state index contributed by atoms with van der Waals surface area (Å²) in [5.74, 6) is 0.145. The maximum atomic E-state index is 11.5. The number of para-hydroxylation sites is 1. The number of nitrogens with zero attached hydrogens (tertiary/aromatic N) is 2. The number of carbonyl (C=O) groups is 1. The van der Waals surface area contributed by atoms with Crippen molar-refractivity contribution in [1.82, 2.24) is 4.90 Å². The SMILES string of the molecule is CC.CC.CC.CC(=O)N1Cc2cccc3cccc(c23)C1.CC(=S)N1Cc2ccccc2-c2ccccc21.CCC. The van der Waals surface area contributed by atoms with E-state index in [1.165, 1.54) is 50.7 Å². The fourth-order valence-electron chi connectivity index (χ4n) is 4.85. The van der Waals surface area contributed by atoms with Gasteiger partial charge in [0.05, 0.1) is 4.99 Å². The maximum absolute atomic E-state index is 11.5. The number of benzene rings is 4. The van der Waals surface area contributed by atoms with Gasteiger partial charge in [0.1, 0.15) is 0 Å². The minimum absolute atomic E-state index is 0.145. The van der Waals surface area contributed by atoms with Crippen LogP contribution in [0.25, 0.3) is 21.9 Å². The molecule has 2 heterocycles. The van der Waals surface area contributed by atoms with Crippen molar-refractivity contribution in [2.45, 2.75) is 95.3 Å². The van der Waals surface area contributed by atoms with Crippen LogP contribution in [0.3, 0.4) is 0 Å². The molecule has 4 aromatic carbocycles. The lowest BCUT2D eigenvalue weighted by Gasteiger charge is -2.32. The summed E-state index contributed by atoms with van der Waals surface area (Å²) >= 11 is 5.35. The quantitative estimate of drug-likeness (QED) is 0.192. The summed E-state index contributed by atoms with van der Waals surface area (Å²) in [6, 6.07) is 29.6. The molecule has 1 amide bonds. The van der Waals surface area contributed by atoms with E-state index in [9.17, 15) is 4.79 Å². The van der Waals surface area contributed by atoms with Gasteiger partial charge in [0.25, 0.3) is 0 Å². The van der Waals surface area contributed by atoms with Gasteiger partial charge in [0.2, 0.25) is 5.91 Å². The van der Waals surface area contributed by atoms with Crippen molar-refractivity contribution < 1.29 is 4.79 Å². The van der Waals surface area contributed by atoms with Crippen molar-refractivity contribution in [3.63, 3.8) is 0 Å². The number of amides is 1. The van der Waals surface area contributed by atoms with Crippen molar-refractivity contribution >= 4 is 39.6 Å². The Hall–Kier alpha value is -3.50. The second-order valence-corrected chi connectivity index (χ2v) is 9.88. The third kappa shape index (κ3) is 9.25. The van der Waals surface area contributed by atoms with Crippen LogP contribution in [0.2, 0.25) is 0 Å². The summed E-state index contributed by atoms with van der Waals surface area (Å²) in [5, 5.41) is 2.61. The molecule has 2 aliphatic rings. The topological polar surface area (TPSA) is 23.6 Å². The van der Waals surface area contributed by atoms with E-state index in [0.717, 1.165) is 24.6 Å². The van der Waals surface area contributed by atoms with Crippen LogP contribution >= 0.6 is 12.2 Å². The smallest absolute Gasteiger partial charge is 0.220 e. The van der Waals surface area contributed by atoms with Crippen LogP contribution in [0.1, 0.15) is 92.3 Å². The highest BCUT2D eigenvalue weighted by Gasteiger charge is 2.22. The number of carbonyl (C=O) groups excluding carboxylic acids is 1. The minimum Gasteiger partial charge on any atom is -0.334 e. The van der Waals surface area contributed by atoms with E-state index in [1.54, 1.807) is 6.92 Å². The Morgan fingerprint density at radius 2 is 1.10 bits per heavy atom. The van der Waals surface area contributed by atoms with E-state index in [0.29, 0.717) is 0 Å². The highest BCUT2D eigenvalue weighted by molar-refractivity contribution is 7.80. The number of thiocarbonyl (C=S) groups is 1. The molecule has 0 bridgehead atoms. The van der Waals surface area contributed by atoms with Gasteiger partial charge in [-0.05, 0) is 46.0 Å². The van der Waals surface area contributed by atoms with E-state index < -0.39 is 0 Å². The van der Waals surface area contributed by atoms with Crippen molar-refractivity contribution in [3.8, 4) is 11.1 Å². The van der Waals surface area contributed by atoms with E-state index in [2.05, 4.69) is 104 Å². The van der Waals surface area contributed by atoms with Crippen molar-refractivity contribution in [3.05, 3.63) is 102 Å². The average molecular weight is 585 g/mol. The van der Waals surface area contributed by atoms with Gasteiger partial charge in [-0.3, -0.25) is 4.79 Å². The van der Waals surface area contributed by atoms with Crippen molar-refractivity contribution in [2.24, 2.45) is 0 Å². The van der Waals surface area contributed by atoms with Crippen LogP contribution < -0.4 is 4.90 Å². The summed E-state index contributed by atoms with van der Waals surface area (Å²) in [5.41, 5.74) is 7.69. The molecule has 3 nitrogen and oxygen atoms in total. The molecule has 0 unspecified atom stereocenters. The molecular formula is C38H52N2OS. The van der Waals surface area contributed by atoms with E-state index >= 15 is 0 Å². The molecule has 0 aliphatic carbocycles. The van der Waals surface area contributed by atoms with Gasteiger partial charge in [-0.25, -0.2) is 0 Å². The Bertz CT molecular complexity index is 1350. The first-order valence-corrected chi connectivity index (χ1v) is 16.1. The predicted octanol–water partition coefficient (Wildman–Crippen LogP) is 11.2.